The first-order chi connectivity index (χ1) is 13.6. The van der Waals surface area contributed by atoms with Gasteiger partial charge in [-0.1, -0.05) is 36.4 Å². The number of ether oxygens (including phenoxy) is 1. The molecule has 0 bridgehead atoms. The number of hydrogen-bond acceptors (Lipinski definition) is 3. The third-order valence-electron chi connectivity index (χ3n) is 4.51. The molecule has 28 heavy (non-hydrogen) atoms. The number of benzene rings is 2. The lowest BCUT2D eigenvalue weighted by atomic mass is 10.1. The summed E-state index contributed by atoms with van der Waals surface area (Å²) >= 11 is 0. The predicted octanol–water partition coefficient (Wildman–Crippen LogP) is 4.22. The molecule has 0 unspecified atom stereocenters. The van der Waals surface area contributed by atoms with Gasteiger partial charge in [-0.05, 0) is 45.0 Å². The van der Waals surface area contributed by atoms with Crippen LogP contribution in [-0.4, -0.2) is 22.3 Å². The zero-order valence-electron chi connectivity index (χ0n) is 16.5. The van der Waals surface area contributed by atoms with Crippen LogP contribution in [-0.2, 0) is 11.3 Å². The second-order valence-electron chi connectivity index (χ2n) is 6.42. The quantitative estimate of drug-likeness (QED) is 0.629. The number of nitrogens with one attached hydrogen (secondary N) is 1. The predicted molar refractivity (Wildman–Crippen MR) is 112 cm³/mol. The van der Waals surface area contributed by atoms with Crippen LogP contribution in [0.1, 0.15) is 29.4 Å². The number of carbonyl (C=O) groups is 1. The fourth-order valence-electron chi connectivity index (χ4n) is 3.06. The van der Waals surface area contributed by atoms with Crippen molar-refractivity contribution in [2.45, 2.75) is 27.3 Å². The van der Waals surface area contributed by atoms with Gasteiger partial charge in [0.15, 0.2) is 0 Å². The average Bonchev–Trinajstić information content (AvgIpc) is 3.00. The molecule has 1 aromatic heterocycles. The van der Waals surface area contributed by atoms with Crippen molar-refractivity contribution in [1.29, 1.82) is 0 Å². The number of carbonyl (C=O) groups excluding carboxylic acids is 1. The average molecular weight is 375 g/mol. The van der Waals surface area contributed by atoms with Crippen molar-refractivity contribution in [3.8, 4) is 11.4 Å². The van der Waals surface area contributed by atoms with E-state index < -0.39 is 0 Å². The van der Waals surface area contributed by atoms with E-state index in [4.69, 9.17) is 4.74 Å². The topological polar surface area (TPSA) is 56.1 Å². The normalized spacial score (nSPS) is 11.0. The van der Waals surface area contributed by atoms with Crippen molar-refractivity contribution < 1.29 is 9.53 Å². The molecule has 144 valence electrons. The van der Waals surface area contributed by atoms with Crippen LogP contribution in [0.15, 0.2) is 60.7 Å². The van der Waals surface area contributed by atoms with Gasteiger partial charge < -0.3 is 10.1 Å². The van der Waals surface area contributed by atoms with Crippen LogP contribution in [0.25, 0.3) is 11.8 Å². The standard InChI is InChI=1S/C23H25N3O2/c1-4-28-22-13-9-8-10-19(22)14-15-23(27)24-16-21-17(2)25-26(18(21)3)20-11-6-5-7-12-20/h5-15H,4,16H2,1-3H3,(H,24,27)/b15-14+. The van der Waals surface area contributed by atoms with E-state index in [-0.39, 0.29) is 5.91 Å². The Morgan fingerprint density at radius 3 is 2.57 bits per heavy atom. The summed E-state index contributed by atoms with van der Waals surface area (Å²) in [7, 11) is 0. The molecule has 0 fully saturated rings. The van der Waals surface area contributed by atoms with Crippen molar-refractivity contribution in [2.24, 2.45) is 0 Å². The molecule has 0 spiro atoms. The number of amides is 1. The minimum Gasteiger partial charge on any atom is -0.493 e. The van der Waals surface area contributed by atoms with E-state index >= 15 is 0 Å². The molecule has 0 saturated carbocycles. The number of rotatable bonds is 7. The largest absolute Gasteiger partial charge is 0.493 e. The van der Waals surface area contributed by atoms with E-state index in [0.29, 0.717) is 13.2 Å². The molecule has 0 aliphatic rings. The van der Waals surface area contributed by atoms with Gasteiger partial charge in [0.25, 0.3) is 0 Å². The lowest BCUT2D eigenvalue weighted by Gasteiger charge is -2.07. The molecule has 0 aliphatic heterocycles. The minimum atomic E-state index is -0.155. The molecule has 0 saturated heterocycles. The van der Waals surface area contributed by atoms with Crippen molar-refractivity contribution in [2.75, 3.05) is 6.61 Å². The molecule has 3 aromatic rings. The molecule has 5 heteroatoms. The number of aryl methyl sites for hydroxylation is 1. The number of para-hydroxylation sites is 2. The molecule has 3 rings (SSSR count). The molecule has 0 atom stereocenters. The summed E-state index contributed by atoms with van der Waals surface area (Å²) in [6, 6.07) is 17.6. The maximum atomic E-state index is 12.3. The maximum absolute atomic E-state index is 12.3. The summed E-state index contributed by atoms with van der Waals surface area (Å²) < 4.78 is 7.49. The molecule has 2 aromatic carbocycles. The SMILES string of the molecule is CCOc1ccccc1/C=C/C(=O)NCc1c(C)nn(-c2ccccc2)c1C. The zero-order chi connectivity index (χ0) is 19.9. The van der Waals surface area contributed by atoms with Gasteiger partial charge >= 0.3 is 0 Å². The first kappa shape index (κ1) is 19.4. The van der Waals surface area contributed by atoms with E-state index in [0.717, 1.165) is 34.0 Å². The summed E-state index contributed by atoms with van der Waals surface area (Å²) in [5.74, 6) is 0.613. The molecule has 1 heterocycles. The van der Waals surface area contributed by atoms with Crippen molar-refractivity contribution >= 4 is 12.0 Å². The second kappa shape index (κ2) is 9.04. The molecule has 0 radical (unpaired) electrons. The van der Waals surface area contributed by atoms with Crippen LogP contribution in [0.2, 0.25) is 0 Å². The summed E-state index contributed by atoms with van der Waals surface area (Å²) in [6.07, 6.45) is 3.30. The van der Waals surface area contributed by atoms with E-state index in [1.54, 1.807) is 6.08 Å². The van der Waals surface area contributed by atoms with E-state index in [9.17, 15) is 4.79 Å². The van der Waals surface area contributed by atoms with Gasteiger partial charge in [0, 0.05) is 29.4 Å². The van der Waals surface area contributed by atoms with Crippen molar-refractivity contribution in [3.05, 3.63) is 83.2 Å². The number of hydrogen-bond donors (Lipinski definition) is 1. The summed E-state index contributed by atoms with van der Waals surface area (Å²) in [5.41, 5.74) is 4.85. The lowest BCUT2D eigenvalue weighted by Crippen LogP contribution is -2.21. The highest BCUT2D eigenvalue weighted by atomic mass is 16.5. The fourth-order valence-corrected chi connectivity index (χ4v) is 3.06. The zero-order valence-corrected chi connectivity index (χ0v) is 16.5. The summed E-state index contributed by atoms with van der Waals surface area (Å²) in [4.78, 5) is 12.3. The van der Waals surface area contributed by atoms with Crippen molar-refractivity contribution in [1.82, 2.24) is 15.1 Å². The molecule has 0 aliphatic carbocycles. The van der Waals surface area contributed by atoms with E-state index in [1.807, 2.05) is 80.1 Å². The Kier molecular flexibility index (Phi) is 6.27. The highest BCUT2D eigenvalue weighted by molar-refractivity contribution is 5.92. The Balaban J connectivity index is 1.68. The highest BCUT2D eigenvalue weighted by Gasteiger charge is 2.13. The smallest absolute Gasteiger partial charge is 0.244 e. The van der Waals surface area contributed by atoms with Crippen LogP contribution in [0.3, 0.4) is 0 Å². The third-order valence-corrected chi connectivity index (χ3v) is 4.51. The van der Waals surface area contributed by atoms with Gasteiger partial charge in [0.2, 0.25) is 5.91 Å². The van der Waals surface area contributed by atoms with E-state index in [2.05, 4.69) is 10.4 Å². The van der Waals surface area contributed by atoms with Gasteiger partial charge in [0.1, 0.15) is 5.75 Å². The van der Waals surface area contributed by atoms with Crippen LogP contribution < -0.4 is 10.1 Å². The van der Waals surface area contributed by atoms with Crippen LogP contribution in [0, 0.1) is 13.8 Å². The summed E-state index contributed by atoms with van der Waals surface area (Å²) in [5, 5.41) is 7.56. The molecule has 1 amide bonds. The molecule has 1 N–H and O–H groups in total. The Bertz CT molecular complexity index is 975. The van der Waals surface area contributed by atoms with Gasteiger partial charge in [-0.25, -0.2) is 4.68 Å². The molecular weight excluding hydrogens is 350 g/mol. The number of nitrogens with zero attached hydrogens (tertiary/aromatic N) is 2. The Morgan fingerprint density at radius 1 is 1.11 bits per heavy atom. The monoisotopic (exact) mass is 375 g/mol. The fraction of sp³-hybridized carbons (Fsp3) is 0.217. The molecular formula is C23H25N3O2. The van der Waals surface area contributed by atoms with Crippen molar-refractivity contribution in [3.63, 3.8) is 0 Å². The Hall–Kier alpha value is -3.34. The second-order valence-corrected chi connectivity index (χ2v) is 6.42. The van der Waals surface area contributed by atoms with Crippen LogP contribution in [0.4, 0.5) is 0 Å². The van der Waals surface area contributed by atoms with Crippen LogP contribution >= 0.6 is 0 Å². The van der Waals surface area contributed by atoms with Gasteiger partial charge in [-0.2, -0.15) is 5.10 Å². The Labute approximate surface area is 165 Å². The number of aromatic nitrogens is 2. The molecule has 5 nitrogen and oxygen atoms in total. The Morgan fingerprint density at radius 2 is 1.82 bits per heavy atom. The third kappa shape index (κ3) is 4.49. The lowest BCUT2D eigenvalue weighted by molar-refractivity contribution is -0.116. The first-order valence-corrected chi connectivity index (χ1v) is 9.38. The highest BCUT2D eigenvalue weighted by Crippen LogP contribution is 2.20. The van der Waals surface area contributed by atoms with Crippen LogP contribution in [0.5, 0.6) is 5.75 Å². The maximum Gasteiger partial charge on any atom is 0.244 e. The van der Waals surface area contributed by atoms with Gasteiger partial charge in [-0.3, -0.25) is 4.79 Å². The van der Waals surface area contributed by atoms with Gasteiger partial charge in [-0.15, -0.1) is 0 Å². The minimum absolute atomic E-state index is 0.155. The summed E-state index contributed by atoms with van der Waals surface area (Å²) in [6.45, 7) is 6.93. The van der Waals surface area contributed by atoms with Gasteiger partial charge in [0.05, 0.1) is 18.0 Å². The van der Waals surface area contributed by atoms with E-state index in [1.165, 1.54) is 6.08 Å². The first-order valence-electron chi connectivity index (χ1n) is 9.38.